The van der Waals surface area contributed by atoms with Gasteiger partial charge >= 0.3 is 0 Å². The topological polar surface area (TPSA) is 35.2 Å². The maximum atomic E-state index is 6.09. The Bertz CT molecular complexity index is 587. The van der Waals surface area contributed by atoms with E-state index in [4.69, 9.17) is 45.3 Å². The first kappa shape index (κ1) is 14.5. The minimum atomic E-state index is 0.397. The molecule has 0 radical (unpaired) electrons. The summed E-state index contributed by atoms with van der Waals surface area (Å²) in [6, 6.07) is 10.8. The number of ether oxygens (including phenoxy) is 1. The summed E-state index contributed by atoms with van der Waals surface area (Å²) in [5.74, 6) is 1.19. The van der Waals surface area contributed by atoms with Crippen LogP contribution in [0, 0.1) is 0 Å². The molecule has 0 aliphatic carbocycles. The Morgan fingerprint density at radius 1 is 0.895 bits per heavy atom. The normalized spacial score (nSPS) is 10.5. The molecule has 0 aliphatic rings. The van der Waals surface area contributed by atoms with Crippen molar-refractivity contribution in [3.8, 4) is 11.5 Å². The Morgan fingerprint density at radius 3 is 2.32 bits per heavy atom. The Balaban J connectivity index is 2.33. The van der Waals surface area contributed by atoms with Crippen molar-refractivity contribution >= 4 is 34.8 Å². The fourth-order valence-corrected chi connectivity index (χ4v) is 2.24. The monoisotopic (exact) mass is 315 g/mol. The summed E-state index contributed by atoms with van der Waals surface area (Å²) in [4.78, 5) is 0. The van der Waals surface area contributed by atoms with Crippen molar-refractivity contribution in [2.24, 2.45) is 5.73 Å². The SMILES string of the molecule is NCCc1ccccc1Oc1cc(Cl)c(Cl)cc1Cl. The second-order valence-electron chi connectivity index (χ2n) is 3.95. The quantitative estimate of drug-likeness (QED) is 0.811. The fourth-order valence-electron chi connectivity index (χ4n) is 1.67. The first-order valence-corrected chi connectivity index (χ1v) is 6.85. The van der Waals surface area contributed by atoms with E-state index in [2.05, 4.69) is 0 Å². The lowest BCUT2D eigenvalue weighted by atomic mass is 10.1. The van der Waals surface area contributed by atoms with Crippen molar-refractivity contribution in [1.82, 2.24) is 0 Å². The van der Waals surface area contributed by atoms with Gasteiger partial charge in [0, 0.05) is 6.07 Å². The van der Waals surface area contributed by atoms with Crippen molar-refractivity contribution < 1.29 is 4.74 Å². The summed E-state index contributed by atoms with van der Waals surface area (Å²) >= 11 is 17.9. The number of rotatable bonds is 4. The molecule has 0 amide bonds. The van der Waals surface area contributed by atoms with Crippen LogP contribution in [0.25, 0.3) is 0 Å². The van der Waals surface area contributed by atoms with Crippen LogP contribution in [0.4, 0.5) is 0 Å². The zero-order valence-electron chi connectivity index (χ0n) is 10.00. The zero-order chi connectivity index (χ0) is 13.8. The molecular formula is C14H12Cl3NO. The molecule has 100 valence electrons. The van der Waals surface area contributed by atoms with Gasteiger partial charge in [-0.2, -0.15) is 0 Å². The average Bonchev–Trinajstić information content (AvgIpc) is 2.38. The van der Waals surface area contributed by atoms with E-state index in [0.29, 0.717) is 33.1 Å². The zero-order valence-corrected chi connectivity index (χ0v) is 12.3. The molecule has 0 fully saturated rings. The van der Waals surface area contributed by atoms with E-state index in [1.165, 1.54) is 0 Å². The highest BCUT2D eigenvalue weighted by Crippen LogP contribution is 2.37. The van der Waals surface area contributed by atoms with Gasteiger partial charge in [0.2, 0.25) is 0 Å². The largest absolute Gasteiger partial charge is 0.455 e. The molecule has 0 unspecified atom stereocenters. The number of halogens is 3. The van der Waals surface area contributed by atoms with Crippen molar-refractivity contribution in [3.05, 3.63) is 57.0 Å². The summed E-state index contributed by atoms with van der Waals surface area (Å²) in [6.45, 7) is 0.551. The van der Waals surface area contributed by atoms with E-state index < -0.39 is 0 Å². The Labute approximate surface area is 127 Å². The summed E-state index contributed by atoms with van der Waals surface area (Å²) in [6.07, 6.45) is 0.731. The lowest BCUT2D eigenvalue weighted by molar-refractivity contribution is 0.476. The van der Waals surface area contributed by atoms with E-state index in [1.54, 1.807) is 12.1 Å². The molecule has 0 aliphatic heterocycles. The number of hydrogen-bond acceptors (Lipinski definition) is 2. The van der Waals surface area contributed by atoms with Crippen LogP contribution in [0.2, 0.25) is 15.1 Å². The molecule has 2 rings (SSSR count). The molecule has 2 N–H and O–H groups in total. The third-order valence-electron chi connectivity index (χ3n) is 2.58. The first-order chi connectivity index (χ1) is 9.11. The molecule has 19 heavy (non-hydrogen) atoms. The number of para-hydroxylation sites is 1. The van der Waals surface area contributed by atoms with Crippen molar-refractivity contribution in [1.29, 1.82) is 0 Å². The molecule has 5 heteroatoms. The highest BCUT2D eigenvalue weighted by molar-refractivity contribution is 6.43. The molecule has 2 aromatic carbocycles. The second-order valence-corrected chi connectivity index (χ2v) is 5.17. The van der Waals surface area contributed by atoms with Gasteiger partial charge < -0.3 is 10.5 Å². The molecular weight excluding hydrogens is 305 g/mol. The van der Waals surface area contributed by atoms with Crippen molar-refractivity contribution in [2.75, 3.05) is 6.54 Å². The molecule has 0 saturated carbocycles. The molecule has 0 spiro atoms. The molecule has 0 atom stereocenters. The third kappa shape index (κ3) is 3.54. The van der Waals surface area contributed by atoms with E-state index >= 15 is 0 Å². The van der Waals surface area contributed by atoms with E-state index in [9.17, 15) is 0 Å². The maximum Gasteiger partial charge on any atom is 0.147 e. The number of nitrogens with two attached hydrogens (primary N) is 1. The first-order valence-electron chi connectivity index (χ1n) is 5.72. The van der Waals surface area contributed by atoms with E-state index in [0.717, 1.165) is 12.0 Å². The van der Waals surface area contributed by atoms with Crippen LogP contribution in [0.15, 0.2) is 36.4 Å². The second kappa shape index (κ2) is 6.49. The van der Waals surface area contributed by atoms with Crippen LogP contribution < -0.4 is 10.5 Å². The van der Waals surface area contributed by atoms with Crippen LogP contribution in [-0.4, -0.2) is 6.54 Å². The maximum absolute atomic E-state index is 6.09. The van der Waals surface area contributed by atoms with Gasteiger partial charge in [-0.05, 0) is 30.7 Å². The molecule has 0 saturated heterocycles. The predicted octanol–water partition coefficient (Wildman–Crippen LogP) is 4.94. The fraction of sp³-hybridized carbons (Fsp3) is 0.143. The number of benzene rings is 2. The third-order valence-corrected chi connectivity index (χ3v) is 3.60. The van der Waals surface area contributed by atoms with Gasteiger partial charge in [-0.25, -0.2) is 0 Å². The smallest absolute Gasteiger partial charge is 0.147 e. The Kier molecular flexibility index (Phi) is 4.94. The molecule has 0 bridgehead atoms. The number of hydrogen-bond donors (Lipinski definition) is 1. The summed E-state index contributed by atoms with van der Waals surface area (Å²) in [5.41, 5.74) is 6.60. The lowest BCUT2D eigenvalue weighted by Gasteiger charge is -2.12. The Morgan fingerprint density at radius 2 is 1.58 bits per heavy atom. The van der Waals surface area contributed by atoms with Crippen LogP contribution in [0.5, 0.6) is 11.5 Å². The highest BCUT2D eigenvalue weighted by Gasteiger charge is 2.10. The van der Waals surface area contributed by atoms with Crippen molar-refractivity contribution in [3.63, 3.8) is 0 Å². The van der Waals surface area contributed by atoms with Gasteiger partial charge in [0.05, 0.1) is 15.1 Å². The minimum Gasteiger partial charge on any atom is -0.455 e. The minimum absolute atomic E-state index is 0.397. The predicted molar refractivity (Wildman–Crippen MR) is 80.7 cm³/mol. The highest BCUT2D eigenvalue weighted by atomic mass is 35.5. The van der Waals surface area contributed by atoms with Gasteiger partial charge in [0.1, 0.15) is 11.5 Å². The summed E-state index contributed by atoms with van der Waals surface area (Å²) in [5, 5.41) is 1.21. The standard InChI is InChI=1S/C14H12Cl3NO/c15-10-7-12(17)14(8-11(10)16)19-13-4-2-1-3-9(13)5-6-18/h1-4,7-8H,5-6,18H2. The van der Waals surface area contributed by atoms with E-state index in [1.807, 2.05) is 24.3 Å². The van der Waals surface area contributed by atoms with Crippen LogP contribution >= 0.6 is 34.8 Å². The molecule has 0 aromatic heterocycles. The van der Waals surface area contributed by atoms with Gasteiger partial charge in [-0.1, -0.05) is 53.0 Å². The molecule has 2 aromatic rings. The lowest BCUT2D eigenvalue weighted by Crippen LogP contribution is -2.03. The summed E-state index contributed by atoms with van der Waals surface area (Å²) < 4.78 is 5.80. The van der Waals surface area contributed by atoms with Gasteiger partial charge in [-0.15, -0.1) is 0 Å². The van der Waals surface area contributed by atoms with Gasteiger partial charge in [0.25, 0.3) is 0 Å². The average molecular weight is 317 g/mol. The van der Waals surface area contributed by atoms with Gasteiger partial charge in [-0.3, -0.25) is 0 Å². The van der Waals surface area contributed by atoms with Crippen molar-refractivity contribution in [2.45, 2.75) is 6.42 Å². The van der Waals surface area contributed by atoms with Crippen LogP contribution in [-0.2, 0) is 6.42 Å². The molecule has 2 nitrogen and oxygen atoms in total. The van der Waals surface area contributed by atoms with Crippen LogP contribution in [0.3, 0.4) is 0 Å². The van der Waals surface area contributed by atoms with Gasteiger partial charge in [0.15, 0.2) is 0 Å². The molecule has 0 heterocycles. The van der Waals surface area contributed by atoms with Crippen LogP contribution in [0.1, 0.15) is 5.56 Å². The summed E-state index contributed by atoms with van der Waals surface area (Å²) in [7, 11) is 0. The van der Waals surface area contributed by atoms with E-state index in [-0.39, 0.29) is 0 Å². The Hall–Kier alpha value is -0.930.